The van der Waals surface area contributed by atoms with E-state index < -0.39 is 0 Å². The van der Waals surface area contributed by atoms with Crippen LogP contribution in [-0.2, 0) is 11.3 Å². The van der Waals surface area contributed by atoms with Gasteiger partial charge in [-0.1, -0.05) is 13.0 Å². The number of piperazine rings is 1. The van der Waals surface area contributed by atoms with Crippen molar-refractivity contribution >= 4 is 11.8 Å². The average molecular weight is 387 g/mol. The number of aromatic nitrogens is 1. The fourth-order valence-corrected chi connectivity index (χ4v) is 4.60. The molecule has 0 aromatic carbocycles. The lowest BCUT2D eigenvalue weighted by Gasteiger charge is -2.34. The number of aliphatic imine (C=N–C) groups is 1. The quantitative estimate of drug-likeness (QED) is 0.624. The molecule has 3 saturated heterocycles. The summed E-state index contributed by atoms with van der Waals surface area (Å²) in [7, 11) is 1.87. The molecule has 1 aromatic heterocycles. The van der Waals surface area contributed by atoms with E-state index in [1.54, 1.807) is 0 Å². The van der Waals surface area contributed by atoms with Gasteiger partial charge in [0.15, 0.2) is 5.96 Å². The Hall–Kier alpha value is -1.86. The topological polar surface area (TPSA) is 56.2 Å². The van der Waals surface area contributed by atoms with E-state index in [9.17, 15) is 0 Å². The lowest BCUT2D eigenvalue weighted by Crippen LogP contribution is -2.46. The van der Waals surface area contributed by atoms with Gasteiger partial charge in [-0.15, -0.1) is 0 Å². The van der Waals surface area contributed by atoms with Gasteiger partial charge in [0.25, 0.3) is 0 Å². The molecule has 0 saturated carbocycles. The number of hydrogen-bond acceptors (Lipinski definition) is 5. The highest BCUT2D eigenvalue weighted by molar-refractivity contribution is 5.80. The van der Waals surface area contributed by atoms with E-state index in [2.05, 4.69) is 44.1 Å². The molecule has 154 valence electrons. The van der Waals surface area contributed by atoms with Crippen molar-refractivity contribution in [3.05, 3.63) is 23.9 Å². The predicted molar refractivity (Wildman–Crippen MR) is 113 cm³/mol. The van der Waals surface area contributed by atoms with E-state index in [1.807, 2.05) is 13.2 Å². The third kappa shape index (κ3) is 4.25. The molecule has 1 spiro atoms. The molecule has 3 fully saturated rings. The number of ether oxygens (including phenoxy) is 1. The van der Waals surface area contributed by atoms with Gasteiger partial charge in [-0.25, -0.2) is 4.98 Å². The number of likely N-dealkylation sites (tertiary alicyclic amines) is 1. The van der Waals surface area contributed by atoms with Crippen LogP contribution in [0.2, 0.25) is 0 Å². The molecule has 1 N–H and O–H groups in total. The molecule has 3 aliphatic heterocycles. The second-order valence-corrected chi connectivity index (χ2v) is 8.32. The summed E-state index contributed by atoms with van der Waals surface area (Å²) in [6.45, 7) is 12.4. The minimum Gasteiger partial charge on any atom is -0.381 e. The number of nitrogens with one attached hydrogen (secondary N) is 1. The average Bonchev–Trinajstić information content (AvgIpc) is 3.39. The van der Waals surface area contributed by atoms with Gasteiger partial charge in [-0.3, -0.25) is 4.99 Å². The number of pyridine rings is 1. The zero-order valence-electron chi connectivity index (χ0n) is 17.4. The highest BCUT2D eigenvalue weighted by Crippen LogP contribution is 2.38. The van der Waals surface area contributed by atoms with Crippen LogP contribution in [0.4, 0.5) is 5.82 Å². The molecule has 7 nitrogen and oxygen atoms in total. The molecule has 0 radical (unpaired) electrons. The zero-order chi connectivity index (χ0) is 19.4. The van der Waals surface area contributed by atoms with Crippen molar-refractivity contribution in [3.63, 3.8) is 0 Å². The van der Waals surface area contributed by atoms with Gasteiger partial charge in [-0.05, 0) is 31.0 Å². The molecule has 0 amide bonds. The number of rotatable bonds is 4. The van der Waals surface area contributed by atoms with Crippen LogP contribution in [0, 0.1) is 5.41 Å². The maximum Gasteiger partial charge on any atom is 0.193 e. The maximum absolute atomic E-state index is 5.64. The molecular formula is C21H34N6O. The minimum absolute atomic E-state index is 0.350. The van der Waals surface area contributed by atoms with E-state index in [0.717, 1.165) is 77.3 Å². The third-order valence-corrected chi connectivity index (χ3v) is 6.54. The van der Waals surface area contributed by atoms with Crippen molar-refractivity contribution in [1.29, 1.82) is 0 Å². The van der Waals surface area contributed by atoms with Gasteiger partial charge in [0, 0.05) is 71.1 Å². The van der Waals surface area contributed by atoms with Crippen molar-refractivity contribution in [3.8, 4) is 0 Å². The fraction of sp³-hybridized carbons (Fsp3) is 0.714. The van der Waals surface area contributed by atoms with Crippen molar-refractivity contribution < 1.29 is 4.74 Å². The predicted octanol–water partition coefficient (Wildman–Crippen LogP) is 1.41. The van der Waals surface area contributed by atoms with Crippen molar-refractivity contribution in [1.82, 2.24) is 20.1 Å². The normalized spacial score (nSPS) is 26.4. The van der Waals surface area contributed by atoms with E-state index in [-0.39, 0.29) is 0 Å². The summed E-state index contributed by atoms with van der Waals surface area (Å²) >= 11 is 0. The van der Waals surface area contributed by atoms with Crippen LogP contribution in [0.3, 0.4) is 0 Å². The molecular weight excluding hydrogens is 352 g/mol. The second kappa shape index (κ2) is 8.66. The molecule has 4 rings (SSSR count). The summed E-state index contributed by atoms with van der Waals surface area (Å²) in [6, 6.07) is 4.34. The SMILES string of the molecule is CCN1CCN(c2ccc(CNC(=NC)N3CCC4(CCOC4)C3)cn2)CC1. The summed E-state index contributed by atoms with van der Waals surface area (Å²) in [4.78, 5) is 16.5. The first-order valence-electron chi connectivity index (χ1n) is 10.7. The molecule has 0 bridgehead atoms. The second-order valence-electron chi connectivity index (χ2n) is 8.32. The number of likely N-dealkylation sites (N-methyl/N-ethyl adjacent to an activating group) is 1. The Labute approximate surface area is 168 Å². The van der Waals surface area contributed by atoms with Gasteiger partial charge >= 0.3 is 0 Å². The summed E-state index contributed by atoms with van der Waals surface area (Å²) in [5.74, 6) is 2.08. The summed E-state index contributed by atoms with van der Waals surface area (Å²) in [5.41, 5.74) is 1.54. The molecule has 0 aliphatic carbocycles. The minimum atomic E-state index is 0.350. The molecule has 1 unspecified atom stereocenters. The lowest BCUT2D eigenvalue weighted by atomic mass is 9.87. The summed E-state index contributed by atoms with van der Waals surface area (Å²) in [6.07, 6.45) is 4.38. The van der Waals surface area contributed by atoms with Gasteiger partial charge in [0.2, 0.25) is 0 Å². The largest absolute Gasteiger partial charge is 0.381 e. The van der Waals surface area contributed by atoms with Crippen LogP contribution in [0.5, 0.6) is 0 Å². The Bertz CT molecular complexity index is 662. The van der Waals surface area contributed by atoms with Crippen LogP contribution in [0.15, 0.2) is 23.3 Å². The first-order chi connectivity index (χ1) is 13.7. The van der Waals surface area contributed by atoms with Crippen molar-refractivity contribution in [2.75, 3.05) is 71.0 Å². The van der Waals surface area contributed by atoms with Crippen LogP contribution in [0.1, 0.15) is 25.3 Å². The Morgan fingerprint density at radius 1 is 1.21 bits per heavy atom. The molecule has 28 heavy (non-hydrogen) atoms. The van der Waals surface area contributed by atoms with Gasteiger partial charge in [0.05, 0.1) is 6.61 Å². The summed E-state index contributed by atoms with van der Waals surface area (Å²) < 4.78 is 5.64. The van der Waals surface area contributed by atoms with E-state index in [1.165, 1.54) is 18.4 Å². The monoisotopic (exact) mass is 386 g/mol. The molecule has 1 atom stereocenters. The van der Waals surface area contributed by atoms with Crippen LogP contribution < -0.4 is 10.2 Å². The van der Waals surface area contributed by atoms with Gasteiger partial charge < -0.3 is 24.8 Å². The summed E-state index contributed by atoms with van der Waals surface area (Å²) in [5, 5.41) is 3.52. The smallest absolute Gasteiger partial charge is 0.193 e. The molecule has 7 heteroatoms. The van der Waals surface area contributed by atoms with E-state index >= 15 is 0 Å². The number of hydrogen-bond donors (Lipinski definition) is 1. The first kappa shape index (κ1) is 19.5. The van der Waals surface area contributed by atoms with Crippen LogP contribution >= 0.6 is 0 Å². The fourth-order valence-electron chi connectivity index (χ4n) is 4.60. The molecule has 1 aromatic rings. The highest BCUT2D eigenvalue weighted by atomic mass is 16.5. The first-order valence-corrected chi connectivity index (χ1v) is 10.7. The van der Waals surface area contributed by atoms with Crippen LogP contribution in [0.25, 0.3) is 0 Å². The Balaban J connectivity index is 1.28. The zero-order valence-corrected chi connectivity index (χ0v) is 17.4. The number of anilines is 1. The molecule has 3 aliphatic rings. The van der Waals surface area contributed by atoms with Crippen molar-refractivity contribution in [2.24, 2.45) is 10.4 Å². The van der Waals surface area contributed by atoms with Gasteiger partial charge in [-0.2, -0.15) is 0 Å². The lowest BCUT2D eigenvalue weighted by molar-refractivity contribution is 0.156. The maximum atomic E-state index is 5.64. The Morgan fingerprint density at radius 2 is 2.07 bits per heavy atom. The Morgan fingerprint density at radius 3 is 2.71 bits per heavy atom. The standard InChI is InChI=1S/C21H34N6O/c1-3-25-9-11-26(12-10-25)19-5-4-18(14-23-19)15-24-20(22-2)27-8-6-21(16-27)7-13-28-17-21/h4-5,14H,3,6-13,15-17H2,1-2H3,(H,22,24). The molecule has 4 heterocycles. The number of nitrogens with zero attached hydrogens (tertiary/aromatic N) is 5. The van der Waals surface area contributed by atoms with Crippen molar-refractivity contribution in [2.45, 2.75) is 26.3 Å². The van der Waals surface area contributed by atoms with E-state index in [0.29, 0.717) is 5.41 Å². The Kier molecular flexibility index (Phi) is 6.01. The van der Waals surface area contributed by atoms with E-state index in [4.69, 9.17) is 9.72 Å². The highest BCUT2D eigenvalue weighted by Gasteiger charge is 2.42. The van der Waals surface area contributed by atoms with Gasteiger partial charge in [0.1, 0.15) is 5.82 Å². The van der Waals surface area contributed by atoms with Crippen LogP contribution in [-0.4, -0.2) is 86.8 Å². The third-order valence-electron chi connectivity index (χ3n) is 6.54. The number of guanidine groups is 1.